The third-order valence-electron chi connectivity index (χ3n) is 2.56. The highest BCUT2D eigenvalue weighted by Gasteiger charge is 2.30. The largest absolute Gasteiger partial charge is 0.349 e. The van der Waals surface area contributed by atoms with Crippen LogP contribution >= 0.6 is 0 Å². The van der Waals surface area contributed by atoms with Gasteiger partial charge in [-0.05, 0) is 13.8 Å². The normalized spacial score (nSPS) is 17.7. The van der Waals surface area contributed by atoms with Crippen LogP contribution in [0.25, 0.3) is 11.2 Å². The highest BCUT2D eigenvalue weighted by molar-refractivity contribution is 5.71. The highest BCUT2D eigenvalue weighted by Crippen LogP contribution is 2.25. The lowest BCUT2D eigenvalue weighted by molar-refractivity contribution is 0.530. The number of aromatic amines is 1. The first-order valence-corrected chi connectivity index (χ1v) is 4.79. The smallest absolute Gasteiger partial charge is 0.300 e. The molecule has 1 aliphatic rings. The summed E-state index contributed by atoms with van der Waals surface area (Å²) in [6, 6.07) is 0. The van der Waals surface area contributed by atoms with Crippen molar-refractivity contribution in [2.24, 2.45) is 0 Å². The van der Waals surface area contributed by atoms with E-state index in [0.29, 0.717) is 17.1 Å². The van der Waals surface area contributed by atoms with E-state index in [2.05, 4.69) is 34.1 Å². The molecule has 2 N–H and O–H groups in total. The summed E-state index contributed by atoms with van der Waals surface area (Å²) in [5.41, 5.74) is 0.792. The first-order valence-electron chi connectivity index (χ1n) is 4.79. The molecule has 0 aliphatic carbocycles. The molecular weight excluding hydrogens is 194 g/mol. The zero-order valence-corrected chi connectivity index (χ0v) is 8.53. The molecule has 6 nitrogen and oxygen atoms in total. The van der Waals surface area contributed by atoms with Crippen LogP contribution in [0.15, 0.2) is 11.1 Å². The van der Waals surface area contributed by atoms with Crippen molar-refractivity contribution in [3.05, 3.63) is 16.7 Å². The predicted molar refractivity (Wildman–Crippen MR) is 55.9 cm³/mol. The van der Waals surface area contributed by atoms with Gasteiger partial charge >= 0.3 is 5.56 Å². The first-order chi connectivity index (χ1) is 7.07. The molecule has 0 spiro atoms. The van der Waals surface area contributed by atoms with E-state index in [1.54, 1.807) is 0 Å². The van der Waals surface area contributed by atoms with E-state index in [9.17, 15) is 4.79 Å². The van der Waals surface area contributed by atoms with Gasteiger partial charge in [0.2, 0.25) is 5.95 Å². The number of H-pyrrole nitrogens is 1. The number of nitrogens with zero attached hydrogens (tertiary/aromatic N) is 3. The Labute approximate surface area is 85.4 Å². The van der Waals surface area contributed by atoms with Gasteiger partial charge in [0.15, 0.2) is 11.2 Å². The standard InChI is InChI=1S/C9H11N5O/c1-9(2)3-14-6-5(10-4-11-6)7(15)12-8(14)13-9/h4H,3H2,1-2H3,(H,10,11)(H,12,13,15). The topological polar surface area (TPSA) is 75.6 Å². The lowest BCUT2D eigenvalue weighted by Gasteiger charge is -2.15. The van der Waals surface area contributed by atoms with Gasteiger partial charge in [0, 0.05) is 0 Å². The molecule has 0 unspecified atom stereocenters. The van der Waals surface area contributed by atoms with Crippen molar-refractivity contribution in [1.29, 1.82) is 0 Å². The molecule has 3 rings (SSSR count). The summed E-state index contributed by atoms with van der Waals surface area (Å²) < 4.78 is 1.92. The van der Waals surface area contributed by atoms with Gasteiger partial charge in [-0.15, -0.1) is 0 Å². The van der Waals surface area contributed by atoms with E-state index in [0.717, 1.165) is 6.54 Å². The summed E-state index contributed by atoms with van der Waals surface area (Å²) in [7, 11) is 0. The summed E-state index contributed by atoms with van der Waals surface area (Å²) in [5, 5.41) is 3.19. The third-order valence-corrected chi connectivity index (χ3v) is 2.56. The Balaban J connectivity index is 2.38. The molecule has 1 aliphatic heterocycles. The molecule has 2 aromatic heterocycles. The summed E-state index contributed by atoms with van der Waals surface area (Å²) in [5.74, 6) is 0.601. The van der Waals surface area contributed by atoms with Crippen molar-refractivity contribution in [1.82, 2.24) is 19.5 Å². The van der Waals surface area contributed by atoms with Crippen molar-refractivity contribution >= 4 is 17.1 Å². The fourth-order valence-corrected chi connectivity index (χ4v) is 1.94. The van der Waals surface area contributed by atoms with Crippen LogP contribution in [0, 0.1) is 0 Å². The van der Waals surface area contributed by atoms with Crippen LogP contribution in [0.4, 0.5) is 5.95 Å². The average Bonchev–Trinajstić information content (AvgIpc) is 2.67. The number of hydrogen-bond acceptors (Lipinski definition) is 4. The quantitative estimate of drug-likeness (QED) is 0.649. The number of nitrogens with one attached hydrogen (secondary N) is 2. The van der Waals surface area contributed by atoms with Crippen LogP contribution in [-0.2, 0) is 6.54 Å². The number of aromatic nitrogens is 4. The van der Waals surface area contributed by atoms with E-state index in [1.165, 1.54) is 6.33 Å². The summed E-state index contributed by atoms with van der Waals surface area (Å²) in [6.07, 6.45) is 1.52. The van der Waals surface area contributed by atoms with Crippen molar-refractivity contribution in [3.63, 3.8) is 0 Å². The molecule has 0 bridgehead atoms. The fraction of sp³-hybridized carbons (Fsp3) is 0.444. The molecule has 0 saturated carbocycles. The lowest BCUT2D eigenvalue weighted by atomic mass is 10.1. The van der Waals surface area contributed by atoms with Crippen LogP contribution in [0.1, 0.15) is 13.8 Å². The van der Waals surface area contributed by atoms with Crippen molar-refractivity contribution in [2.75, 3.05) is 5.32 Å². The molecule has 3 heterocycles. The Morgan fingerprint density at radius 2 is 2.33 bits per heavy atom. The Kier molecular flexibility index (Phi) is 1.35. The summed E-state index contributed by atoms with van der Waals surface area (Å²) in [4.78, 5) is 22.5. The minimum Gasteiger partial charge on any atom is -0.349 e. The number of fused-ring (bicyclic) bond motifs is 3. The van der Waals surface area contributed by atoms with Gasteiger partial charge in [-0.1, -0.05) is 0 Å². The highest BCUT2D eigenvalue weighted by atomic mass is 16.1. The summed E-state index contributed by atoms with van der Waals surface area (Å²) >= 11 is 0. The maximum Gasteiger partial charge on any atom is 0.300 e. The molecule has 0 aromatic carbocycles. The molecular formula is C9H11N5O. The van der Waals surface area contributed by atoms with E-state index in [-0.39, 0.29) is 11.1 Å². The molecule has 2 aromatic rings. The lowest BCUT2D eigenvalue weighted by Crippen LogP contribution is -2.28. The first kappa shape index (κ1) is 8.46. The molecule has 0 saturated heterocycles. The van der Waals surface area contributed by atoms with Crippen LogP contribution in [0.3, 0.4) is 0 Å². The Hall–Kier alpha value is -1.85. The molecule has 6 heteroatoms. The predicted octanol–water partition coefficient (Wildman–Crippen LogP) is 0.324. The molecule has 78 valence electrons. The van der Waals surface area contributed by atoms with Crippen LogP contribution in [0.2, 0.25) is 0 Å². The number of anilines is 1. The van der Waals surface area contributed by atoms with E-state index in [1.807, 2.05) is 4.57 Å². The summed E-state index contributed by atoms with van der Waals surface area (Å²) in [6.45, 7) is 4.88. The number of imidazole rings is 1. The van der Waals surface area contributed by atoms with Gasteiger partial charge in [-0.2, -0.15) is 4.98 Å². The van der Waals surface area contributed by atoms with Crippen molar-refractivity contribution in [3.8, 4) is 0 Å². The zero-order chi connectivity index (χ0) is 10.6. The third kappa shape index (κ3) is 1.07. The Morgan fingerprint density at radius 3 is 3.13 bits per heavy atom. The fourth-order valence-electron chi connectivity index (χ4n) is 1.94. The molecule has 0 amide bonds. The second kappa shape index (κ2) is 2.39. The van der Waals surface area contributed by atoms with Crippen molar-refractivity contribution < 1.29 is 0 Å². The van der Waals surface area contributed by atoms with Gasteiger partial charge in [0.05, 0.1) is 18.4 Å². The number of rotatable bonds is 0. The van der Waals surface area contributed by atoms with E-state index >= 15 is 0 Å². The van der Waals surface area contributed by atoms with Crippen LogP contribution in [0.5, 0.6) is 0 Å². The second-order valence-electron chi connectivity index (χ2n) is 4.44. The van der Waals surface area contributed by atoms with E-state index in [4.69, 9.17) is 0 Å². The second-order valence-corrected chi connectivity index (χ2v) is 4.44. The van der Waals surface area contributed by atoms with Gasteiger partial charge in [0.25, 0.3) is 0 Å². The monoisotopic (exact) mass is 205 g/mol. The molecule has 15 heavy (non-hydrogen) atoms. The molecule has 0 radical (unpaired) electrons. The maximum absolute atomic E-state index is 11.6. The minimum atomic E-state index is -0.265. The van der Waals surface area contributed by atoms with Gasteiger partial charge < -0.3 is 10.3 Å². The van der Waals surface area contributed by atoms with Gasteiger partial charge in [0.1, 0.15) is 0 Å². The molecule has 0 atom stereocenters. The van der Waals surface area contributed by atoms with Gasteiger partial charge in [-0.25, -0.2) is 4.98 Å². The van der Waals surface area contributed by atoms with E-state index < -0.39 is 0 Å². The Morgan fingerprint density at radius 1 is 1.53 bits per heavy atom. The van der Waals surface area contributed by atoms with Crippen LogP contribution < -0.4 is 10.9 Å². The van der Waals surface area contributed by atoms with Gasteiger partial charge in [-0.3, -0.25) is 9.36 Å². The Bertz CT molecular complexity index is 594. The maximum atomic E-state index is 11.6. The molecule has 0 fully saturated rings. The zero-order valence-electron chi connectivity index (χ0n) is 8.53. The number of hydrogen-bond donors (Lipinski definition) is 2. The van der Waals surface area contributed by atoms with Crippen LogP contribution in [-0.4, -0.2) is 25.1 Å². The SMILES string of the molecule is CC1(C)Cn2c(nc(=O)c3[nH]cnc32)N1. The minimum absolute atomic E-state index is 0.0837. The van der Waals surface area contributed by atoms with Crippen molar-refractivity contribution in [2.45, 2.75) is 25.9 Å². The average molecular weight is 205 g/mol.